The van der Waals surface area contributed by atoms with Crippen molar-refractivity contribution in [1.82, 2.24) is 0 Å². The maximum absolute atomic E-state index is 12.6. The van der Waals surface area contributed by atoms with Gasteiger partial charge in [0, 0.05) is 21.0 Å². The van der Waals surface area contributed by atoms with Gasteiger partial charge in [-0.2, -0.15) is 0 Å². The number of thioether (sulfide) groups is 1. The van der Waals surface area contributed by atoms with E-state index in [-0.39, 0.29) is 5.78 Å². The Balaban J connectivity index is 1.63. The molecule has 0 N–H and O–H groups in total. The molecule has 3 nitrogen and oxygen atoms in total. The molecule has 0 atom stereocenters. The molecule has 1 heterocycles. The number of carbonyl (C=O) groups excluding carboxylic acids is 2. The summed E-state index contributed by atoms with van der Waals surface area (Å²) < 4.78 is 5.55. The molecule has 0 saturated carbocycles. The zero-order valence-electron chi connectivity index (χ0n) is 14.0. The second-order valence-corrected chi connectivity index (χ2v) is 7.39. The van der Waals surface area contributed by atoms with Gasteiger partial charge >= 0.3 is 5.97 Å². The lowest BCUT2D eigenvalue weighted by atomic mass is 10.1. The summed E-state index contributed by atoms with van der Waals surface area (Å²) in [4.78, 5) is 26.5. The van der Waals surface area contributed by atoms with Crippen LogP contribution >= 0.6 is 23.4 Å². The number of hydrogen-bond acceptors (Lipinski definition) is 4. The molecule has 4 rings (SSSR count). The van der Waals surface area contributed by atoms with Crippen LogP contribution in [0.25, 0.3) is 6.08 Å². The smallest absolute Gasteiger partial charge is 0.343 e. The van der Waals surface area contributed by atoms with E-state index in [0.29, 0.717) is 32.4 Å². The molecular weight excluding hydrogens is 380 g/mol. The molecule has 0 saturated heterocycles. The highest BCUT2D eigenvalue weighted by Crippen LogP contribution is 2.41. The Morgan fingerprint density at radius 3 is 2.56 bits per heavy atom. The summed E-state index contributed by atoms with van der Waals surface area (Å²) in [6.45, 7) is 0. The zero-order chi connectivity index (χ0) is 18.8. The molecule has 0 bridgehead atoms. The van der Waals surface area contributed by atoms with Crippen LogP contribution in [0.1, 0.15) is 26.3 Å². The van der Waals surface area contributed by atoms with Gasteiger partial charge in [0.25, 0.3) is 0 Å². The van der Waals surface area contributed by atoms with E-state index in [4.69, 9.17) is 16.3 Å². The van der Waals surface area contributed by atoms with Crippen molar-refractivity contribution in [3.05, 3.63) is 99.4 Å². The second kappa shape index (κ2) is 7.43. The lowest BCUT2D eigenvalue weighted by Gasteiger charge is -2.08. The van der Waals surface area contributed by atoms with E-state index in [9.17, 15) is 9.59 Å². The third-order valence-corrected chi connectivity index (χ3v) is 5.38. The van der Waals surface area contributed by atoms with Gasteiger partial charge in [-0.15, -0.1) is 0 Å². The first-order chi connectivity index (χ1) is 13.1. The fourth-order valence-corrected chi connectivity index (χ4v) is 3.98. The number of allylic oxidation sites excluding steroid dienone is 1. The molecule has 1 aliphatic rings. The SMILES string of the molecule is O=C(Oc1ccccc1C=C1Sc2ccccc2C1=O)c1cccc(Cl)c1. The van der Waals surface area contributed by atoms with Crippen molar-refractivity contribution in [2.24, 2.45) is 0 Å². The number of benzene rings is 3. The van der Waals surface area contributed by atoms with Crippen LogP contribution in [0.5, 0.6) is 5.75 Å². The van der Waals surface area contributed by atoms with Gasteiger partial charge in [-0.25, -0.2) is 4.79 Å². The maximum Gasteiger partial charge on any atom is 0.343 e. The summed E-state index contributed by atoms with van der Waals surface area (Å²) in [5, 5.41) is 0.463. The first-order valence-electron chi connectivity index (χ1n) is 8.22. The molecule has 0 amide bonds. The number of Topliss-reactive ketones (excluding diaryl/α,β-unsaturated/α-hetero) is 1. The molecule has 3 aromatic carbocycles. The lowest BCUT2D eigenvalue weighted by molar-refractivity contribution is 0.0734. The Morgan fingerprint density at radius 2 is 1.74 bits per heavy atom. The Hall–Kier alpha value is -2.82. The van der Waals surface area contributed by atoms with Crippen molar-refractivity contribution < 1.29 is 14.3 Å². The van der Waals surface area contributed by atoms with E-state index in [2.05, 4.69) is 0 Å². The molecule has 0 radical (unpaired) electrons. The van der Waals surface area contributed by atoms with Gasteiger partial charge in [0.2, 0.25) is 5.78 Å². The van der Waals surface area contributed by atoms with Crippen LogP contribution in [0, 0.1) is 0 Å². The normalized spacial score (nSPS) is 14.3. The van der Waals surface area contributed by atoms with E-state index in [1.54, 1.807) is 42.5 Å². The largest absolute Gasteiger partial charge is 0.422 e. The quantitative estimate of drug-likeness (QED) is 0.316. The number of halogens is 1. The summed E-state index contributed by atoms with van der Waals surface area (Å²) in [5.41, 5.74) is 1.72. The predicted molar refractivity (Wildman–Crippen MR) is 107 cm³/mol. The molecule has 5 heteroatoms. The van der Waals surface area contributed by atoms with Crippen molar-refractivity contribution in [2.45, 2.75) is 4.90 Å². The minimum atomic E-state index is -0.503. The van der Waals surface area contributed by atoms with Crippen molar-refractivity contribution in [3.63, 3.8) is 0 Å². The van der Waals surface area contributed by atoms with E-state index < -0.39 is 5.97 Å². The molecule has 0 fully saturated rings. The van der Waals surface area contributed by atoms with Crippen LogP contribution in [0.4, 0.5) is 0 Å². The number of ether oxygens (including phenoxy) is 1. The summed E-state index contributed by atoms with van der Waals surface area (Å²) in [5.74, 6) is -0.136. The summed E-state index contributed by atoms with van der Waals surface area (Å²) >= 11 is 7.36. The average Bonchev–Trinajstić information content (AvgIpc) is 2.99. The van der Waals surface area contributed by atoms with Gasteiger partial charge in [0.05, 0.1) is 10.5 Å². The minimum absolute atomic E-state index is 0.0217. The number of rotatable bonds is 3. The topological polar surface area (TPSA) is 43.4 Å². The molecule has 27 heavy (non-hydrogen) atoms. The lowest BCUT2D eigenvalue weighted by Crippen LogP contribution is -2.09. The third kappa shape index (κ3) is 3.68. The standard InChI is InChI=1S/C22H13ClO3S/c23-16-8-5-7-15(12-16)22(25)26-18-10-3-1-6-14(18)13-20-21(24)17-9-2-4-11-19(17)27-20/h1-13H. The fraction of sp³-hybridized carbons (Fsp3) is 0. The van der Waals surface area contributed by atoms with Crippen LogP contribution in [0.3, 0.4) is 0 Å². The molecular formula is C22H13ClO3S. The Labute approximate surface area is 165 Å². The Morgan fingerprint density at radius 1 is 0.963 bits per heavy atom. The van der Waals surface area contributed by atoms with Crippen LogP contribution in [-0.2, 0) is 0 Å². The third-order valence-electron chi connectivity index (χ3n) is 4.04. The molecule has 3 aromatic rings. The number of carbonyl (C=O) groups is 2. The zero-order valence-corrected chi connectivity index (χ0v) is 15.6. The van der Waals surface area contributed by atoms with E-state index in [0.717, 1.165) is 4.90 Å². The number of esters is 1. The summed E-state index contributed by atoms with van der Waals surface area (Å²) in [7, 11) is 0. The second-order valence-electron chi connectivity index (χ2n) is 5.87. The summed E-state index contributed by atoms with van der Waals surface area (Å²) in [6, 6.07) is 21.2. The molecule has 1 aliphatic heterocycles. The maximum atomic E-state index is 12.6. The highest BCUT2D eigenvalue weighted by molar-refractivity contribution is 8.04. The number of fused-ring (bicyclic) bond motifs is 1. The number of hydrogen-bond donors (Lipinski definition) is 0. The van der Waals surface area contributed by atoms with Gasteiger partial charge in [-0.1, -0.05) is 59.8 Å². The Bertz CT molecular complexity index is 1090. The van der Waals surface area contributed by atoms with Crippen LogP contribution < -0.4 is 4.74 Å². The van der Waals surface area contributed by atoms with E-state index in [1.165, 1.54) is 11.8 Å². The predicted octanol–water partition coefficient (Wildman–Crippen LogP) is 5.89. The molecule has 0 aliphatic carbocycles. The molecule has 0 spiro atoms. The van der Waals surface area contributed by atoms with Gasteiger partial charge in [0.1, 0.15) is 5.75 Å². The van der Waals surface area contributed by atoms with Crippen LogP contribution in [0.2, 0.25) is 5.02 Å². The first-order valence-corrected chi connectivity index (χ1v) is 9.41. The first kappa shape index (κ1) is 17.6. The molecule has 0 aromatic heterocycles. The van der Waals surface area contributed by atoms with Crippen molar-refractivity contribution in [2.75, 3.05) is 0 Å². The van der Waals surface area contributed by atoms with Crippen molar-refractivity contribution >= 4 is 41.2 Å². The molecule has 0 unspecified atom stereocenters. The fourth-order valence-electron chi connectivity index (χ4n) is 2.74. The highest BCUT2D eigenvalue weighted by Gasteiger charge is 2.25. The number of para-hydroxylation sites is 1. The highest BCUT2D eigenvalue weighted by atomic mass is 35.5. The van der Waals surface area contributed by atoms with Crippen LogP contribution in [0.15, 0.2) is 82.6 Å². The van der Waals surface area contributed by atoms with E-state index in [1.807, 2.05) is 36.4 Å². The van der Waals surface area contributed by atoms with Gasteiger partial charge in [-0.05, 0) is 42.5 Å². The van der Waals surface area contributed by atoms with Crippen molar-refractivity contribution in [3.8, 4) is 5.75 Å². The van der Waals surface area contributed by atoms with Crippen molar-refractivity contribution in [1.29, 1.82) is 0 Å². The average molecular weight is 393 g/mol. The van der Waals surface area contributed by atoms with Gasteiger partial charge in [0.15, 0.2) is 0 Å². The monoisotopic (exact) mass is 392 g/mol. The van der Waals surface area contributed by atoms with Gasteiger partial charge < -0.3 is 4.74 Å². The Kier molecular flexibility index (Phi) is 4.84. The van der Waals surface area contributed by atoms with Crippen LogP contribution in [-0.4, -0.2) is 11.8 Å². The minimum Gasteiger partial charge on any atom is -0.422 e. The number of ketones is 1. The van der Waals surface area contributed by atoms with Gasteiger partial charge in [-0.3, -0.25) is 4.79 Å². The summed E-state index contributed by atoms with van der Waals surface area (Å²) in [6.07, 6.45) is 1.76. The van der Waals surface area contributed by atoms with E-state index >= 15 is 0 Å². The molecule has 132 valence electrons.